The summed E-state index contributed by atoms with van der Waals surface area (Å²) < 4.78 is 5.76. The molecule has 2 amide bonds. The van der Waals surface area contributed by atoms with Gasteiger partial charge < -0.3 is 15.0 Å². The van der Waals surface area contributed by atoms with E-state index in [1.54, 1.807) is 0 Å². The molecule has 0 aliphatic carbocycles. The lowest BCUT2D eigenvalue weighted by Gasteiger charge is -2.22. The Morgan fingerprint density at radius 3 is 2.46 bits per heavy atom. The van der Waals surface area contributed by atoms with Gasteiger partial charge >= 0.3 is 0 Å². The van der Waals surface area contributed by atoms with Gasteiger partial charge in [-0.1, -0.05) is 51.1 Å². The van der Waals surface area contributed by atoms with E-state index in [0.717, 1.165) is 35.5 Å². The molecule has 0 bridgehead atoms. The third-order valence-electron chi connectivity index (χ3n) is 4.86. The summed E-state index contributed by atoms with van der Waals surface area (Å²) in [5.74, 6) is 0.751. The maximum absolute atomic E-state index is 12.2. The number of nitrogens with zero attached hydrogens (tertiary/aromatic N) is 1. The van der Waals surface area contributed by atoms with Crippen LogP contribution in [0.25, 0.3) is 0 Å². The lowest BCUT2D eigenvalue weighted by atomic mass is 9.86. The van der Waals surface area contributed by atoms with Gasteiger partial charge in [-0.3, -0.25) is 9.59 Å². The second kappa shape index (κ2) is 8.46. The van der Waals surface area contributed by atoms with Gasteiger partial charge in [0.25, 0.3) is 5.91 Å². The molecule has 2 aromatic carbocycles. The molecule has 0 spiro atoms. The van der Waals surface area contributed by atoms with Crippen molar-refractivity contribution in [1.82, 2.24) is 5.32 Å². The largest absolute Gasteiger partial charge is 0.483 e. The van der Waals surface area contributed by atoms with Gasteiger partial charge in [-0.05, 0) is 41.2 Å². The van der Waals surface area contributed by atoms with E-state index in [9.17, 15) is 9.59 Å². The fourth-order valence-corrected chi connectivity index (χ4v) is 3.32. The number of carbonyl (C=O) groups excluding carboxylic acids is 2. The van der Waals surface area contributed by atoms with Crippen molar-refractivity contribution >= 4 is 17.5 Å². The number of amides is 2. The van der Waals surface area contributed by atoms with Gasteiger partial charge in [0.15, 0.2) is 6.61 Å². The fraction of sp³-hybridized carbons (Fsp3) is 0.391. The smallest absolute Gasteiger partial charge is 0.258 e. The summed E-state index contributed by atoms with van der Waals surface area (Å²) in [6, 6.07) is 15.6. The summed E-state index contributed by atoms with van der Waals surface area (Å²) in [7, 11) is 0. The van der Waals surface area contributed by atoms with Crippen LogP contribution in [0.5, 0.6) is 5.75 Å². The first-order chi connectivity index (χ1) is 13.3. The van der Waals surface area contributed by atoms with E-state index in [-0.39, 0.29) is 23.8 Å². The van der Waals surface area contributed by atoms with Crippen molar-refractivity contribution < 1.29 is 14.3 Å². The number of anilines is 1. The predicted molar refractivity (Wildman–Crippen MR) is 111 cm³/mol. The van der Waals surface area contributed by atoms with E-state index in [0.29, 0.717) is 13.0 Å². The molecule has 1 heterocycles. The SMILES string of the molecule is CC(C)(C)c1ccccc1OCC(=O)NCc1ccc(N2CCCC2=O)cc1. The maximum Gasteiger partial charge on any atom is 0.258 e. The van der Waals surface area contributed by atoms with Crippen molar-refractivity contribution in [3.8, 4) is 5.75 Å². The lowest BCUT2D eigenvalue weighted by molar-refractivity contribution is -0.123. The van der Waals surface area contributed by atoms with Crippen LogP contribution in [0.4, 0.5) is 5.69 Å². The van der Waals surface area contributed by atoms with Gasteiger partial charge in [0.2, 0.25) is 5.91 Å². The lowest BCUT2D eigenvalue weighted by Crippen LogP contribution is -2.29. The molecule has 1 saturated heterocycles. The van der Waals surface area contributed by atoms with E-state index in [2.05, 4.69) is 26.1 Å². The minimum atomic E-state index is -0.164. The summed E-state index contributed by atoms with van der Waals surface area (Å²) in [6.45, 7) is 7.55. The van der Waals surface area contributed by atoms with Crippen LogP contribution in [0.15, 0.2) is 48.5 Å². The number of carbonyl (C=O) groups is 2. The second-order valence-corrected chi connectivity index (χ2v) is 8.13. The average Bonchev–Trinajstić information content (AvgIpc) is 3.10. The molecular formula is C23H28N2O3. The number of rotatable bonds is 6. The molecular weight excluding hydrogens is 352 g/mol. The van der Waals surface area contributed by atoms with Gasteiger partial charge in [0.1, 0.15) is 5.75 Å². The van der Waals surface area contributed by atoms with E-state index < -0.39 is 0 Å². The van der Waals surface area contributed by atoms with Crippen LogP contribution in [-0.4, -0.2) is 25.0 Å². The Morgan fingerprint density at radius 1 is 1.11 bits per heavy atom. The first-order valence-corrected chi connectivity index (χ1v) is 9.73. The number of benzene rings is 2. The van der Waals surface area contributed by atoms with Crippen LogP contribution in [-0.2, 0) is 21.5 Å². The van der Waals surface area contributed by atoms with Crippen LogP contribution in [0.1, 0.15) is 44.7 Å². The van der Waals surface area contributed by atoms with Crippen molar-refractivity contribution in [1.29, 1.82) is 0 Å². The molecule has 0 radical (unpaired) electrons. The van der Waals surface area contributed by atoms with Gasteiger partial charge in [-0.2, -0.15) is 0 Å². The quantitative estimate of drug-likeness (QED) is 0.829. The molecule has 5 heteroatoms. The first kappa shape index (κ1) is 19.9. The van der Waals surface area contributed by atoms with Crippen molar-refractivity contribution in [2.45, 2.75) is 45.6 Å². The van der Waals surface area contributed by atoms with Gasteiger partial charge in [-0.25, -0.2) is 0 Å². The Balaban J connectivity index is 1.50. The number of nitrogens with one attached hydrogen (secondary N) is 1. The maximum atomic E-state index is 12.2. The molecule has 3 rings (SSSR count). The van der Waals surface area contributed by atoms with E-state index in [4.69, 9.17) is 4.74 Å². The molecule has 1 N–H and O–H groups in total. The van der Waals surface area contributed by atoms with E-state index >= 15 is 0 Å². The minimum Gasteiger partial charge on any atom is -0.483 e. The highest BCUT2D eigenvalue weighted by Gasteiger charge is 2.21. The topological polar surface area (TPSA) is 58.6 Å². The zero-order chi connectivity index (χ0) is 20.1. The number of ether oxygens (including phenoxy) is 1. The second-order valence-electron chi connectivity index (χ2n) is 8.13. The Morgan fingerprint density at radius 2 is 1.82 bits per heavy atom. The van der Waals surface area contributed by atoms with Gasteiger partial charge in [-0.15, -0.1) is 0 Å². The van der Waals surface area contributed by atoms with Crippen molar-refractivity contribution in [3.05, 3.63) is 59.7 Å². The highest BCUT2D eigenvalue weighted by Crippen LogP contribution is 2.30. The van der Waals surface area contributed by atoms with E-state index in [1.807, 2.05) is 53.4 Å². The minimum absolute atomic E-state index is 0.0204. The normalized spacial score (nSPS) is 14.2. The molecule has 0 unspecified atom stereocenters. The molecule has 0 atom stereocenters. The zero-order valence-corrected chi connectivity index (χ0v) is 16.8. The summed E-state index contributed by atoms with van der Waals surface area (Å²) >= 11 is 0. The third kappa shape index (κ3) is 4.91. The molecule has 148 valence electrons. The Kier molecular flexibility index (Phi) is 6.02. The molecule has 1 aliphatic rings. The fourth-order valence-electron chi connectivity index (χ4n) is 3.32. The molecule has 1 fully saturated rings. The Bertz CT molecular complexity index is 838. The molecule has 5 nitrogen and oxygen atoms in total. The van der Waals surface area contributed by atoms with Crippen molar-refractivity contribution in [2.75, 3.05) is 18.1 Å². The van der Waals surface area contributed by atoms with Gasteiger partial charge in [0, 0.05) is 25.2 Å². The summed E-state index contributed by atoms with van der Waals surface area (Å²) in [5.41, 5.74) is 2.93. The van der Waals surface area contributed by atoms with E-state index in [1.165, 1.54) is 0 Å². The first-order valence-electron chi connectivity index (χ1n) is 9.73. The monoisotopic (exact) mass is 380 g/mol. The summed E-state index contributed by atoms with van der Waals surface area (Å²) in [5, 5.41) is 2.88. The number of hydrogen-bond acceptors (Lipinski definition) is 3. The van der Waals surface area contributed by atoms with Gasteiger partial charge in [0.05, 0.1) is 0 Å². The zero-order valence-electron chi connectivity index (χ0n) is 16.8. The average molecular weight is 380 g/mol. The molecule has 0 saturated carbocycles. The highest BCUT2D eigenvalue weighted by molar-refractivity contribution is 5.95. The highest BCUT2D eigenvalue weighted by atomic mass is 16.5. The Labute approximate surface area is 166 Å². The standard InChI is InChI=1S/C23H28N2O3/c1-23(2,3)19-7-4-5-8-20(19)28-16-21(26)24-15-17-10-12-18(13-11-17)25-14-6-9-22(25)27/h4-5,7-8,10-13H,6,9,14-16H2,1-3H3,(H,24,26). The van der Waals surface area contributed by atoms with Crippen LogP contribution in [0, 0.1) is 0 Å². The van der Waals surface area contributed by atoms with Crippen LogP contribution in [0.3, 0.4) is 0 Å². The molecule has 0 aromatic heterocycles. The number of para-hydroxylation sites is 1. The molecule has 1 aliphatic heterocycles. The summed E-state index contributed by atoms with van der Waals surface area (Å²) in [4.78, 5) is 25.8. The van der Waals surface area contributed by atoms with Crippen LogP contribution >= 0.6 is 0 Å². The predicted octanol–water partition coefficient (Wildman–Crippen LogP) is 3.81. The van der Waals surface area contributed by atoms with Crippen molar-refractivity contribution in [2.24, 2.45) is 0 Å². The Hall–Kier alpha value is -2.82. The van der Waals surface area contributed by atoms with Crippen LogP contribution < -0.4 is 15.0 Å². The molecule has 2 aromatic rings. The van der Waals surface area contributed by atoms with Crippen LogP contribution in [0.2, 0.25) is 0 Å². The third-order valence-corrected chi connectivity index (χ3v) is 4.86. The molecule has 28 heavy (non-hydrogen) atoms. The summed E-state index contributed by atoms with van der Waals surface area (Å²) in [6.07, 6.45) is 1.53. The number of hydrogen-bond donors (Lipinski definition) is 1. The van der Waals surface area contributed by atoms with Crippen molar-refractivity contribution in [3.63, 3.8) is 0 Å².